The summed E-state index contributed by atoms with van der Waals surface area (Å²) < 4.78 is 89.0. The average Bonchev–Trinajstić information content (AvgIpc) is 3.53. The highest BCUT2D eigenvalue weighted by Gasteiger charge is 2.59. The molecule has 438 valence electrons. The van der Waals surface area contributed by atoms with Gasteiger partial charge < -0.3 is 76.2 Å². The van der Waals surface area contributed by atoms with E-state index in [0.29, 0.717) is 5.75 Å². The Morgan fingerprint density at radius 1 is 0.402 bits per heavy atom. The Bertz CT molecular complexity index is 2850. The van der Waals surface area contributed by atoms with Gasteiger partial charge in [-0.3, -0.25) is 24.0 Å². The number of esters is 9. The largest absolute Gasteiger partial charge is 0.497 e. The lowest BCUT2D eigenvalue weighted by atomic mass is 9.95. The van der Waals surface area contributed by atoms with Crippen LogP contribution in [0, 0.1) is 0 Å². The number of benzene rings is 4. The van der Waals surface area contributed by atoms with E-state index in [1.807, 2.05) is 0 Å². The molecule has 0 bridgehead atoms. The van der Waals surface area contributed by atoms with Gasteiger partial charge in [-0.2, -0.15) is 0 Å². The maximum Gasteiger partial charge on any atom is 0.338 e. The molecule has 25 nitrogen and oxygen atoms in total. The first-order valence-electron chi connectivity index (χ1n) is 25.6. The van der Waals surface area contributed by atoms with Crippen LogP contribution in [0.1, 0.15) is 82.5 Å². The standard InChI is InChI=1S/C57H60O25/c1-30(58)69-28-43-45(72-32(3)60)47(73-33(4)61)49(74-34(5)62)57(79-43)82-46-44(29-70-31(2)59)78-56(50(81-54(66)37-20-14-9-15-21-37)48(46)80-53(65)36-18-12-8-13-19-36)77-40-26-41(75-52(64)35-16-10-7-11-17-35)55(67)76-42(40)27-71-51(63)38-22-24-39(68-6)25-23-38/h7-25,40-50,55-57,67H,26-29H2,1-6H3/t40-,41+,42+,43+,44+,45-,46-,47-,48-,49+,50+,55-,56+,57+/m0/s1. The quantitative estimate of drug-likeness (QED) is 0.0916. The number of methoxy groups -OCH3 is 1. The molecule has 3 saturated heterocycles. The molecule has 0 aliphatic carbocycles. The van der Waals surface area contributed by atoms with Gasteiger partial charge in [-0.15, -0.1) is 0 Å². The first kappa shape index (κ1) is 61.3. The Kier molecular flexibility index (Phi) is 21.6. The average molecular weight is 1150 g/mol. The van der Waals surface area contributed by atoms with Crippen molar-refractivity contribution in [2.24, 2.45) is 0 Å². The van der Waals surface area contributed by atoms with Gasteiger partial charge in [0, 0.05) is 41.0 Å². The van der Waals surface area contributed by atoms with Crippen molar-refractivity contribution in [1.82, 2.24) is 0 Å². The molecule has 3 aliphatic rings. The fourth-order valence-corrected chi connectivity index (χ4v) is 8.90. The second-order valence-electron chi connectivity index (χ2n) is 18.6. The van der Waals surface area contributed by atoms with E-state index >= 15 is 0 Å². The predicted octanol–water partition coefficient (Wildman–Crippen LogP) is 3.78. The van der Waals surface area contributed by atoms with Crippen LogP contribution >= 0.6 is 0 Å². The Morgan fingerprint density at radius 3 is 1.29 bits per heavy atom. The molecule has 0 aromatic heterocycles. The van der Waals surface area contributed by atoms with Crippen LogP contribution in [-0.2, 0) is 90.3 Å². The molecule has 1 N–H and O–H groups in total. The smallest absolute Gasteiger partial charge is 0.338 e. The zero-order valence-electron chi connectivity index (χ0n) is 45.1. The van der Waals surface area contributed by atoms with Gasteiger partial charge in [-0.05, 0) is 60.7 Å². The molecule has 0 amide bonds. The van der Waals surface area contributed by atoms with Crippen molar-refractivity contribution in [3.05, 3.63) is 138 Å². The highest BCUT2D eigenvalue weighted by molar-refractivity contribution is 5.91. The maximum atomic E-state index is 14.5. The maximum absolute atomic E-state index is 14.5. The molecule has 4 aromatic carbocycles. The molecule has 25 heteroatoms. The zero-order valence-corrected chi connectivity index (χ0v) is 45.1. The molecule has 0 saturated carbocycles. The van der Waals surface area contributed by atoms with Gasteiger partial charge in [0.05, 0.1) is 35.5 Å². The topological polar surface area (TPSA) is 312 Å². The predicted molar refractivity (Wildman–Crippen MR) is 273 cm³/mol. The Hall–Kier alpha value is -8.33. The summed E-state index contributed by atoms with van der Waals surface area (Å²) >= 11 is 0. The van der Waals surface area contributed by atoms with Crippen LogP contribution in [0.2, 0.25) is 0 Å². The number of rotatable bonds is 21. The van der Waals surface area contributed by atoms with Crippen LogP contribution in [0.15, 0.2) is 115 Å². The number of aliphatic hydroxyl groups is 1. The zero-order chi connectivity index (χ0) is 59.0. The highest BCUT2D eigenvalue weighted by atomic mass is 16.8. The molecule has 3 heterocycles. The molecular formula is C57H60O25. The minimum atomic E-state index is -2.02. The molecular weight excluding hydrogens is 1080 g/mol. The lowest BCUT2D eigenvalue weighted by Crippen LogP contribution is -2.68. The van der Waals surface area contributed by atoms with Gasteiger partial charge >= 0.3 is 53.7 Å². The number of carbonyl (C=O) groups is 9. The minimum Gasteiger partial charge on any atom is -0.497 e. The lowest BCUT2D eigenvalue weighted by molar-refractivity contribution is -0.369. The third-order valence-corrected chi connectivity index (χ3v) is 12.6. The van der Waals surface area contributed by atoms with Crippen molar-refractivity contribution < 1.29 is 119 Å². The summed E-state index contributed by atoms with van der Waals surface area (Å²) in [6, 6.07) is 28.6. The molecule has 7 rings (SSSR count). The van der Waals surface area contributed by atoms with E-state index in [4.69, 9.17) is 71.1 Å². The van der Waals surface area contributed by atoms with Crippen molar-refractivity contribution >= 4 is 53.7 Å². The van der Waals surface area contributed by atoms with Crippen LogP contribution in [0.5, 0.6) is 5.75 Å². The number of hydrogen-bond donors (Lipinski definition) is 1. The van der Waals surface area contributed by atoms with Crippen LogP contribution in [0.3, 0.4) is 0 Å². The van der Waals surface area contributed by atoms with E-state index < -0.39 is 166 Å². The molecule has 3 aliphatic heterocycles. The minimum absolute atomic E-state index is 0.0474. The molecule has 0 unspecified atom stereocenters. The first-order valence-corrected chi connectivity index (χ1v) is 25.6. The van der Waals surface area contributed by atoms with E-state index in [9.17, 15) is 48.3 Å². The summed E-state index contributed by atoms with van der Waals surface area (Å²) in [5, 5.41) is 11.4. The lowest BCUT2D eigenvalue weighted by Gasteiger charge is -2.49. The van der Waals surface area contributed by atoms with Crippen LogP contribution in [0.4, 0.5) is 0 Å². The van der Waals surface area contributed by atoms with E-state index in [-0.39, 0.29) is 22.3 Å². The van der Waals surface area contributed by atoms with Crippen molar-refractivity contribution in [3.63, 3.8) is 0 Å². The number of hydrogen-bond acceptors (Lipinski definition) is 25. The van der Waals surface area contributed by atoms with Gasteiger partial charge in [0.25, 0.3) is 0 Å². The van der Waals surface area contributed by atoms with Gasteiger partial charge in [0.1, 0.15) is 50.0 Å². The molecule has 3 fully saturated rings. The summed E-state index contributed by atoms with van der Waals surface area (Å²) in [5.74, 6) is -8.05. The van der Waals surface area contributed by atoms with Gasteiger partial charge in [-0.1, -0.05) is 54.6 Å². The highest BCUT2D eigenvalue weighted by Crippen LogP contribution is 2.38. The normalized spacial score (nSPS) is 26.7. The second-order valence-corrected chi connectivity index (χ2v) is 18.6. The van der Waals surface area contributed by atoms with E-state index in [2.05, 4.69) is 0 Å². The second kappa shape index (κ2) is 28.9. The fourth-order valence-electron chi connectivity index (χ4n) is 8.90. The van der Waals surface area contributed by atoms with Gasteiger partial charge in [-0.25, -0.2) is 19.2 Å². The Labute approximate surface area is 469 Å². The van der Waals surface area contributed by atoms with E-state index in [1.165, 1.54) is 92.0 Å². The summed E-state index contributed by atoms with van der Waals surface area (Å²) in [6.45, 7) is 3.01. The molecule has 14 atom stereocenters. The van der Waals surface area contributed by atoms with E-state index in [1.54, 1.807) is 30.3 Å². The van der Waals surface area contributed by atoms with Crippen LogP contribution in [-0.4, -0.2) is 172 Å². The monoisotopic (exact) mass is 1140 g/mol. The number of ether oxygens (including phenoxy) is 15. The van der Waals surface area contributed by atoms with Crippen molar-refractivity contribution in [1.29, 1.82) is 0 Å². The van der Waals surface area contributed by atoms with Gasteiger partial charge in [0.15, 0.2) is 55.5 Å². The summed E-state index contributed by atoms with van der Waals surface area (Å²) in [5.41, 5.74) is 0.0877. The van der Waals surface area contributed by atoms with Crippen LogP contribution < -0.4 is 4.74 Å². The van der Waals surface area contributed by atoms with Crippen molar-refractivity contribution in [2.75, 3.05) is 26.9 Å². The number of aliphatic hydroxyl groups excluding tert-OH is 1. The van der Waals surface area contributed by atoms with Crippen LogP contribution in [0.25, 0.3) is 0 Å². The molecule has 82 heavy (non-hydrogen) atoms. The van der Waals surface area contributed by atoms with Crippen molar-refractivity contribution in [3.8, 4) is 5.75 Å². The number of carbonyl (C=O) groups excluding carboxylic acids is 9. The van der Waals surface area contributed by atoms with E-state index in [0.717, 1.165) is 34.6 Å². The first-order chi connectivity index (χ1) is 39.3. The fraction of sp³-hybridized carbons (Fsp3) is 0.421. The summed E-state index contributed by atoms with van der Waals surface area (Å²) in [7, 11) is 1.44. The molecule has 0 radical (unpaired) electrons. The SMILES string of the molecule is COc1ccc(C(=O)OC[C@H]2O[C@H](O)[C@H](OC(=O)c3ccccc3)C[C@@H]2O[C@@H]2O[C@H](COC(C)=O)[C@H](O[C@H]3O[C@H](COC(C)=O)[C@H](OC(C)=O)[C@H](OC(C)=O)[C@H]3OC(C)=O)[C@H](OC(=O)c3ccccc3)[C@H]2OC(=O)c2ccccc2)cc1. The third-order valence-electron chi connectivity index (χ3n) is 12.6. The Balaban J connectivity index is 1.35. The van der Waals surface area contributed by atoms with Gasteiger partial charge in [0.2, 0.25) is 0 Å². The summed E-state index contributed by atoms with van der Waals surface area (Å²) in [4.78, 5) is 119. The Morgan fingerprint density at radius 2 is 0.805 bits per heavy atom. The molecule has 0 spiro atoms. The van der Waals surface area contributed by atoms with Crippen molar-refractivity contribution in [2.45, 2.75) is 127 Å². The molecule has 4 aromatic rings. The summed E-state index contributed by atoms with van der Waals surface area (Å²) in [6.07, 6.45) is -25.3. The third kappa shape index (κ3) is 16.6.